The molecule has 0 unspecified atom stereocenters. The largest absolute Gasteiger partial charge is 0.504 e. The number of hydrogen-bond donors (Lipinski definition) is 2. The second kappa shape index (κ2) is 8.05. The zero-order valence-electron chi connectivity index (χ0n) is 20.6. The van der Waals surface area contributed by atoms with Crippen LogP contribution >= 0.6 is 0 Å². The van der Waals surface area contributed by atoms with Crippen molar-refractivity contribution in [1.82, 2.24) is 4.90 Å². The number of hydrogen-bond acceptors (Lipinski definition) is 8. The summed E-state index contributed by atoms with van der Waals surface area (Å²) in [5.74, 6) is -1.86. The quantitative estimate of drug-likeness (QED) is 0.485. The van der Waals surface area contributed by atoms with Gasteiger partial charge >= 0.3 is 5.97 Å². The predicted octanol–water partition coefficient (Wildman–Crippen LogP) is 2.92. The first kappa shape index (κ1) is 23.5. The number of phenols is 1. The molecule has 2 aromatic carbocycles. The van der Waals surface area contributed by atoms with Crippen molar-refractivity contribution in [3.8, 4) is 11.5 Å². The molecule has 2 saturated heterocycles. The Balaban J connectivity index is 1.52. The van der Waals surface area contributed by atoms with E-state index >= 15 is 0 Å². The first-order valence-electron chi connectivity index (χ1n) is 12.3. The van der Waals surface area contributed by atoms with E-state index in [1.807, 2.05) is 43.4 Å². The molecule has 2 bridgehead atoms. The maximum absolute atomic E-state index is 13.3. The normalized spacial score (nSPS) is 36.5. The lowest BCUT2D eigenvalue weighted by Crippen LogP contribution is -2.78. The Kier molecular flexibility index (Phi) is 5.25. The van der Waals surface area contributed by atoms with Gasteiger partial charge in [-0.25, -0.2) is 4.79 Å². The summed E-state index contributed by atoms with van der Waals surface area (Å²) in [6, 6.07) is 13.1. The summed E-state index contributed by atoms with van der Waals surface area (Å²) >= 11 is 0. The number of aromatic hydroxyl groups is 1. The van der Waals surface area contributed by atoms with E-state index in [2.05, 4.69) is 4.90 Å². The monoisotopic (exact) mass is 493 g/mol. The number of benzene rings is 2. The summed E-state index contributed by atoms with van der Waals surface area (Å²) in [4.78, 5) is 15.4. The SMILES string of the molecule is COc1ccc2c(c1O)[C@@]13CCN(C)[C@@]14C[C@@H]2O[C@]4(OC(=O)/C=C/c1ccccc1)[C@@H](O)[C@@H](OC)C3. The van der Waals surface area contributed by atoms with E-state index in [1.165, 1.54) is 20.3 Å². The molecule has 4 aliphatic rings. The summed E-state index contributed by atoms with van der Waals surface area (Å²) in [6.45, 7) is 0.675. The van der Waals surface area contributed by atoms with Gasteiger partial charge in [-0.2, -0.15) is 0 Å². The molecule has 0 aromatic heterocycles. The number of likely N-dealkylation sites (N-methyl/N-ethyl adjacent to an activating group) is 1. The number of fused-ring (bicyclic) bond motifs is 3. The van der Waals surface area contributed by atoms with E-state index in [0.717, 1.165) is 16.7 Å². The smallest absolute Gasteiger partial charge is 0.333 e. The number of methoxy groups -OCH3 is 2. The Morgan fingerprint density at radius 2 is 1.94 bits per heavy atom. The molecular formula is C28H31NO7. The second-order valence-electron chi connectivity index (χ2n) is 10.3. The predicted molar refractivity (Wildman–Crippen MR) is 130 cm³/mol. The fraction of sp³-hybridized carbons (Fsp3) is 0.464. The molecular weight excluding hydrogens is 462 g/mol. The van der Waals surface area contributed by atoms with Gasteiger partial charge < -0.3 is 29.2 Å². The third kappa shape index (κ3) is 2.75. The van der Waals surface area contributed by atoms with E-state index in [4.69, 9.17) is 18.9 Å². The third-order valence-corrected chi connectivity index (χ3v) is 8.97. The summed E-state index contributed by atoms with van der Waals surface area (Å²) in [7, 11) is 5.03. The highest BCUT2D eigenvalue weighted by molar-refractivity contribution is 5.87. The number of aliphatic hydroxyl groups excluding tert-OH is 1. The average molecular weight is 494 g/mol. The van der Waals surface area contributed by atoms with Crippen molar-refractivity contribution in [3.63, 3.8) is 0 Å². The number of carbonyl (C=O) groups excluding carboxylic acids is 1. The van der Waals surface area contributed by atoms with Gasteiger partial charge in [0.25, 0.3) is 5.79 Å². The Labute approximate surface area is 210 Å². The molecule has 190 valence electrons. The van der Waals surface area contributed by atoms with Gasteiger partial charge in [0.05, 0.1) is 19.3 Å². The zero-order valence-corrected chi connectivity index (χ0v) is 20.6. The van der Waals surface area contributed by atoms with Gasteiger partial charge in [-0.1, -0.05) is 36.4 Å². The average Bonchev–Trinajstić information content (AvgIpc) is 3.38. The molecule has 36 heavy (non-hydrogen) atoms. The summed E-state index contributed by atoms with van der Waals surface area (Å²) in [5, 5.41) is 23.1. The number of phenolic OH excluding ortho intramolecular Hbond substituents is 1. The molecule has 2 aliphatic heterocycles. The highest BCUT2D eigenvalue weighted by Gasteiger charge is 2.83. The third-order valence-electron chi connectivity index (χ3n) is 8.97. The maximum atomic E-state index is 13.3. The van der Waals surface area contributed by atoms with Gasteiger partial charge in [0.1, 0.15) is 11.6 Å². The van der Waals surface area contributed by atoms with Gasteiger partial charge in [0, 0.05) is 30.6 Å². The van der Waals surface area contributed by atoms with E-state index < -0.39 is 41.0 Å². The van der Waals surface area contributed by atoms with Crippen LogP contribution in [0, 0.1) is 0 Å². The van der Waals surface area contributed by atoms with Crippen LogP contribution in [0.15, 0.2) is 48.5 Å². The van der Waals surface area contributed by atoms with Crippen molar-refractivity contribution in [3.05, 3.63) is 65.2 Å². The standard InChI is InChI=1S/C28H31NO7/c1-29-14-13-26-15-21(34-3)25(32)28(36-22(30)12-9-17-7-5-4-6-8-17)27(26,29)16-20(35-28)18-10-11-19(33-2)24(31)23(18)26/h4-12,20-21,25,31-32H,13-16H2,1-3H3/b12-9+/t20-,21-,25-,26-,27-,28-/m0/s1. The molecule has 1 saturated carbocycles. The van der Waals surface area contributed by atoms with Gasteiger partial charge in [0.2, 0.25) is 0 Å². The molecule has 2 N–H and O–H groups in total. The fourth-order valence-electron chi connectivity index (χ4n) is 7.54. The fourth-order valence-corrected chi connectivity index (χ4v) is 7.54. The van der Waals surface area contributed by atoms with Crippen LogP contribution in [0.3, 0.4) is 0 Å². The van der Waals surface area contributed by atoms with Crippen molar-refractivity contribution >= 4 is 12.0 Å². The van der Waals surface area contributed by atoms with Crippen LogP contribution in [0.1, 0.15) is 42.1 Å². The first-order chi connectivity index (χ1) is 17.3. The molecule has 2 aromatic rings. The van der Waals surface area contributed by atoms with Crippen LogP contribution in [0.5, 0.6) is 11.5 Å². The topological polar surface area (TPSA) is 97.7 Å². The van der Waals surface area contributed by atoms with E-state index in [1.54, 1.807) is 12.1 Å². The number of ether oxygens (including phenoxy) is 4. The highest BCUT2D eigenvalue weighted by atomic mass is 16.7. The van der Waals surface area contributed by atoms with E-state index in [-0.39, 0.29) is 5.75 Å². The number of aliphatic hydroxyl groups is 1. The summed E-state index contributed by atoms with van der Waals surface area (Å²) in [6.07, 6.45) is 2.29. The van der Waals surface area contributed by atoms with Gasteiger partial charge in [-0.15, -0.1) is 0 Å². The minimum absolute atomic E-state index is 0.0697. The number of carbonyl (C=O) groups is 1. The molecule has 3 fully saturated rings. The van der Waals surface area contributed by atoms with E-state index in [0.29, 0.717) is 31.6 Å². The lowest BCUT2D eigenvalue weighted by molar-refractivity contribution is -0.329. The second-order valence-corrected chi connectivity index (χ2v) is 10.3. The molecule has 6 rings (SSSR count). The number of esters is 1. The molecule has 0 amide bonds. The number of nitrogens with zero attached hydrogens (tertiary/aromatic N) is 1. The van der Waals surface area contributed by atoms with Crippen LogP contribution in [-0.4, -0.2) is 72.4 Å². The molecule has 6 atom stereocenters. The lowest BCUT2D eigenvalue weighted by atomic mass is 9.50. The van der Waals surface area contributed by atoms with Crippen LogP contribution in [0.25, 0.3) is 6.08 Å². The van der Waals surface area contributed by atoms with Crippen LogP contribution in [-0.2, 0) is 24.4 Å². The van der Waals surface area contributed by atoms with Crippen molar-refractivity contribution in [1.29, 1.82) is 0 Å². The maximum Gasteiger partial charge on any atom is 0.333 e. The Bertz CT molecular complexity index is 1230. The summed E-state index contributed by atoms with van der Waals surface area (Å²) in [5.41, 5.74) is 0.847. The molecule has 0 radical (unpaired) electrons. The van der Waals surface area contributed by atoms with E-state index in [9.17, 15) is 15.0 Å². The zero-order chi connectivity index (χ0) is 25.3. The molecule has 2 heterocycles. The molecule has 8 heteroatoms. The van der Waals surface area contributed by atoms with Crippen molar-refractivity contribution in [2.45, 2.75) is 54.3 Å². The minimum Gasteiger partial charge on any atom is -0.504 e. The Morgan fingerprint density at radius 1 is 1.17 bits per heavy atom. The van der Waals surface area contributed by atoms with Crippen LogP contribution in [0.4, 0.5) is 0 Å². The molecule has 8 nitrogen and oxygen atoms in total. The van der Waals surface area contributed by atoms with Gasteiger partial charge in [-0.3, -0.25) is 4.90 Å². The minimum atomic E-state index is -1.70. The molecule has 2 aliphatic carbocycles. The van der Waals surface area contributed by atoms with Gasteiger partial charge in [-0.05, 0) is 49.7 Å². The molecule has 1 spiro atoms. The van der Waals surface area contributed by atoms with Crippen LogP contribution < -0.4 is 4.74 Å². The summed E-state index contributed by atoms with van der Waals surface area (Å²) < 4.78 is 24.1. The Morgan fingerprint density at radius 3 is 2.67 bits per heavy atom. The highest BCUT2D eigenvalue weighted by Crippen LogP contribution is 2.73. The van der Waals surface area contributed by atoms with Gasteiger partial charge in [0.15, 0.2) is 11.5 Å². The van der Waals surface area contributed by atoms with Crippen LogP contribution in [0.2, 0.25) is 0 Å². The lowest BCUT2D eigenvalue weighted by Gasteiger charge is -2.60. The number of rotatable bonds is 5. The van der Waals surface area contributed by atoms with Crippen molar-refractivity contribution in [2.75, 3.05) is 27.8 Å². The first-order valence-corrected chi connectivity index (χ1v) is 12.3. The van der Waals surface area contributed by atoms with Crippen molar-refractivity contribution in [2.24, 2.45) is 0 Å². The Hall–Kier alpha value is -2.91. The number of likely N-dealkylation sites (tertiary alicyclic amines) is 1. The van der Waals surface area contributed by atoms with Crippen molar-refractivity contribution < 1.29 is 34.0 Å².